The van der Waals surface area contributed by atoms with Crippen molar-refractivity contribution < 1.29 is 28.6 Å². The molecular formula is C28H53O6S3Sn. The molecular weight excluding hydrogens is 647 g/mol. The van der Waals surface area contributed by atoms with E-state index >= 15 is 0 Å². The molecule has 0 saturated carbocycles. The van der Waals surface area contributed by atoms with Crippen LogP contribution in [0, 0.1) is 35.0 Å². The number of carbonyl (C=O) groups excluding carboxylic acids is 3. The van der Waals surface area contributed by atoms with Crippen LogP contribution in [-0.4, -0.2) is 74.7 Å². The van der Waals surface area contributed by atoms with Crippen molar-refractivity contribution in [2.24, 2.45) is 35.0 Å². The van der Waals surface area contributed by atoms with E-state index < -0.39 is 25.2 Å². The number of hydrogen-bond acceptors (Lipinski definition) is 9. The van der Waals surface area contributed by atoms with Crippen LogP contribution in [0.25, 0.3) is 0 Å². The fourth-order valence-corrected chi connectivity index (χ4v) is 17.5. The molecule has 0 aliphatic carbocycles. The molecule has 0 spiro atoms. The Morgan fingerprint density at radius 1 is 0.684 bits per heavy atom. The van der Waals surface area contributed by atoms with Crippen molar-refractivity contribution in [3.8, 4) is 0 Å². The quantitative estimate of drug-likeness (QED) is 0.0567. The summed E-state index contributed by atoms with van der Waals surface area (Å²) in [6.07, 6.45) is 2.41. The summed E-state index contributed by atoms with van der Waals surface area (Å²) >= 11 is 10.8. The molecule has 0 heterocycles. The number of carbonyl (C=O) groups is 3. The van der Waals surface area contributed by atoms with Crippen LogP contribution in [0.5, 0.6) is 0 Å². The van der Waals surface area contributed by atoms with Gasteiger partial charge in [-0.05, 0) is 0 Å². The number of hydrogen-bond donors (Lipinski definition) is 3. The average molecular weight is 701 g/mol. The molecule has 0 N–H and O–H groups in total. The molecule has 1 radical (unpaired) electrons. The van der Waals surface area contributed by atoms with E-state index in [9.17, 15) is 14.4 Å². The Balaban J connectivity index is 5.70. The second kappa shape index (κ2) is 21.0. The van der Waals surface area contributed by atoms with E-state index in [1.807, 2.05) is 6.92 Å². The molecule has 0 aromatic carbocycles. The molecule has 3 atom stereocenters. The summed E-state index contributed by atoms with van der Waals surface area (Å²) in [5, 5.41) is 0. The number of rotatable bonds is 21. The van der Waals surface area contributed by atoms with Gasteiger partial charge in [0.05, 0.1) is 0 Å². The van der Waals surface area contributed by atoms with Gasteiger partial charge in [-0.3, -0.25) is 0 Å². The molecule has 3 unspecified atom stereocenters. The molecule has 0 aromatic heterocycles. The molecule has 223 valence electrons. The minimum absolute atomic E-state index is 0.243. The Morgan fingerprint density at radius 3 is 1.37 bits per heavy atom. The predicted molar refractivity (Wildman–Crippen MR) is 168 cm³/mol. The van der Waals surface area contributed by atoms with Crippen molar-refractivity contribution in [2.45, 2.75) is 81.0 Å². The van der Waals surface area contributed by atoms with E-state index in [0.29, 0.717) is 68.1 Å². The molecule has 0 aromatic rings. The Bertz CT molecular complexity index is 656. The Hall–Kier alpha value is 0.259. The zero-order chi connectivity index (χ0) is 29.3. The summed E-state index contributed by atoms with van der Waals surface area (Å²) in [5.41, 5.74) is -0.778. The molecule has 38 heavy (non-hydrogen) atoms. The molecule has 0 amide bonds. The van der Waals surface area contributed by atoms with Gasteiger partial charge in [-0.2, -0.15) is 0 Å². The fourth-order valence-electron chi connectivity index (χ4n) is 3.70. The molecule has 0 saturated heterocycles. The van der Waals surface area contributed by atoms with Gasteiger partial charge in [-0.25, -0.2) is 0 Å². The summed E-state index contributed by atoms with van der Waals surface area (Å²) in [6, 6.07) is 0. The van der Waals surface area contributed by atoms with Crippen LogP contribution in [0.2, 0.25) is 13.3 Å². The van der Waals surface area contributed by atoms with E-state index in [-0.39, 0.29) is 29.7 Å². The number of ether oxygens (including phenoxy) is 3. The SMILES string of the molecule is CC(C)CCOC(=O)C(CS)[CH2][Sn]([CH2]C(CS)C(=O)OCCC(C)C)[CH2]C(C)(CS)C(=O)OCCC(C)C. The number of thiol groups is 3. The zero-order valence-electron chi connectivity index (χ0n) is 24.7. The monoisotopic (exact) mass is 701 g/mol. The maximum atomic E-state index is 13.1. The second-order valence-corrected chi connectivity index (χ2v) is 20.5. The van der Waals surface area contributed by atoms with Crippen molar-refractivity contribution in [1.82, 2.24) is 0 Å². The second-order valence-electron chi connectivity index (χ2n) is 11.8. The standard InChI is InChI=1S/C10H19O2S.2C9H17O2S.Sn/c1-8(2)5-6-12-9(11)10(3,4)7-13;2*1-7(2)4-5-11-9(10)8(3)6-12;/h8,13H,3,5-7H2,1-2,4H3;2*7-8,12H,3-6H2,1-2H3;. The third-order valence-corrected chi connectivity index (χ3v) is 17.8. The van der Waals surface area contributed by atoms with Gasteiger partial charge in [-0.1, -0.05) is 0 Å². The van der Waals surface area contributed by atoms with E-state index in [4.69, 9.17) is 14.2 Å². The Labute approximate surface area is 255 Å². The van der Waals surface area contributed by atoms with Crippen LogP contribution in [0.3, 0.4) is 0 Å². The van der Waals surface area contributed by atoms with E-state index in [2.05, 4.69) is 79.4 Å². The topological polar surface area (TPSA) is 78.9 Å². The third-order valence-electron chi connectivity index (χ3n) is 6.47. The first-order chi connectivity index (χ1) is 17.8. The molecule has 0 fully saturated rings. The van der Waals surface area contributed by atoms with Crippen LogP contribution >= 0.6 is 37.9 Å². The van der Waals surface area contributed by atoms with Gasteiger partial charge in [0.15, 0.2) is 0 Å². The number of esters is 3. The fraction of sp³-hybridized carbons (Fsp3) is 0.893. The van der Waals surface area contributed by atoms with Gasteiger partial charge in [0.1, 0.15) is 0 Å². The molecule has 0 aliphatic heterocycles. The Morgan fingerprint density at radius 2 is 1.05 bits per heavy atom. The summed E-state index contributed by atoms with van der Waals surface area (Å²) in [5.74, 6) is 0.931. The van der Waals surface area contributed by atoms with Crippen LogP contribution in [0.15, 0.2) is 0 Å². The van der Waals surface area contributed by atoms with Gasteiger partial charge in [-0.15, -0.1) is 0 Å². The van der Waals surface area contributed by atoms with Crippen molar-refractivity contribution in [3.05, 3.63) is 0 Å². The van der Waals surface area contributed by atoms with Crippen molar-refractivity contribution >= 4 is 75.6 Å². The van der Waals surface area contributed by atoms with Crippen LogP contribution in [0.4, 0.5) is 0 Å². The van der Waals surface area contributed by atoms with E-state index in [0.717, 1.165) is 19.3 Å². The van der Waals surface area contributed by atoms with Gasteiger partial charge in [0.25, 0.3) is 0 Å². The minimum atomic E-state index is -2.63. The van der Waals surface area contributed by atoms with Crippen LogP contribution < -0.4 is 0 Å². The van der Waals surface area contributed by atoms with Crippen molar-refractivity contribution in [1.29, 1.82) is 0 Å². The van der Waals surface area contributed by atoms with Gasteiger partial charge < -0.3 is 0 Å². The first-order valence-electron chi connectivity index (χ1n) is 14.0. The average Bonchev–Trinajstić information content (AvgIpc) is 2.84. The Kier molecular flexibility index (Phi) is 21.2. The van der Waals surface area contributed by atoms with E-state index in [1.165, 1.54) is 0 Å². The van der Waals surface area contributed by atoms with Crippen molar-refractivity contribution in [3.63, 3.8) is 0 Å². The van der Waals surface area contributed by atoms with Gasteiger partial charge >= 0.3 is 257 Å². The first-order valence-corrected chi connectivity index (χ1v) is 21.9. The summed E-state index contributed by atoms with van der Waals surface area (Å²) in [7, 11) is 0. The summed E-state index contributed by atoms with van der Waals surface area (Å²) in [6.45, 7) is 15.6. The molecule has 0 aliphatic rings. The van der Waals surface area contributed by atoms with Crippen LogP contribution in [-0.2, 0) is 28.6 Å². The van der Waals surface area contributed by atoms with E-state index in [1.54, 1.807) is 0 Å². The normalized spacial score (nSPS) is 15.0. The van der Waals surface area contributed by atoms with Gasteiger partial charge in [0.2, 0.25) is 0 Å². The zero-order valence-corrected chi connectivity index (χ0v) is 30.2. The first kappa shape index (κ1) is 38.3. The molecule has 0 bridgehead atoms. The predicted octanol–water partition coefficient (Wildman–Crippen LogP) is 6.28. The molecule has 0 rings (SSSR count). The maximum absolute atomic E-state index is 13.1. The summed E-state index contributed by atoms with van der Waals surface area (Å²) in [4.78, 5) is 39.0. The van der Waals surface area contributed by atoms with Crippen molar-refractivity contribution in [2.75, 3.05) is 37.1 Å². The summed E-state index contributed by atoms with van der Waals surface area (Å²) < 4.78 is 18.7. The molecule has 10 heteroatoms. The van der Waals surface area contributed by atoms with Gasteiger partial charge in [0, 0.05) is 0 Å². The third kappa shape index (κ3) is 16.5. The van der Waals surface area contributed by atoms with Crippen LogP contribution in [0.1, 0.15) is 67.7 Å². The molecule has 6 nitrogen and oxygen atoms in total.